The van der Waals surface area contributed by atoms with E-state index in [0.29, 0.717) is 5.69 Å². The van der Waals surface area contributed by atoms with Crippen LogP contribution in [0.4, 0.5) is 11.4 Å². The van der Waals surface area contributed by atoms with Crippen molar-refractivity contribution in [3.05, 3.63) is 81.6 Å². The highest BCUT2D eigenvalue weighted by Gasteiger charge is 2.12. The number of nitrogens with zero attached hydrogens (tertiary/aromatic N) is 3. The molecule has 0 fully saturated rings. The number of halogens is 1. The number of phenols is 1. The summed E-state index contributed by atoms with van der Waals surface area (Å²) in [5.41, 5.74) is 1.91. The Morgan fingerprint density at radius 3 is 2.62 bits per heavy atom. The number of hydrogen-bond donors (Lipinski definition) is 1. The Morgan fingerprint density at radius 1 is 1.17 bits per heavy atom. The van der Waals surface area contributed by atoms with E-state index in [1.54, 1.807) is 36.5 Å². The fourth-order valence-corrected chi connectivity index (χ4v) is 2.40. The average molecular weight is 342 g/mol. The monoisotopic (exact) mass is 341 g/mol. The molecule has 0 atom stereocenters. The summed E-state index contributed by atoms with van der Waals surface area (Å²) in [4.78, 5) is 14.7. The van der Waals surface area contributed by atoms with Crippen LogP contribution in [0.1, 0.15) is 5.69 Å². The Kier molecular flexibility index (Phi) is 4.31. The van der Waals surface area contributed by atoms with Gasteiger partial charge in [-0.3, -0.25) is 15.1 Å². The van der Waals surface area contributed by atoms with E-state index >= 15 is 0 Å². The van der Waals surface area contributed by atoms with Gasteiger partial charge in [-0.15, -0.1) is 0 Å². The van der Waals surface area contributed by atoms with Crippen LogP contribution in [0.5, 0.6) is 5.75 Å². The maximum Gasteiger partial charge on any atom is 0.290 e. The van der Waals surface area contributed by atoms with Crippen LogP contribution in [0.3, 0.4) is 0 Å². The van der Waals surface area contributed by atoms with Crippen molar-refractivity contribution in [1.29, 1.82) is 0 Å². The van der Waals surface area contributed by atoms with E-state index in [1.807, 2.05) is 22.9 Å². The number of nitro benzene ring substituents is 1. The van der Waals surface area contributed by atoms with Crippen molar-refractivity contribution in [2.75, 3.05) is 0 Å². The molecule has 1 heterocycles. The highest BCUT2D eigenvalue weighted by molar-refractivity contribution is 6.32. The molecule has 2 aromatic carbocycles. The first-order chi connectivity index (χ1) is 11.5. The minimum atomic E-state index is -0.541. The van der Waals surface area contributed by atoms with E-state index in [9.17, 15) is 15.2 Å². The summed E-state index contributed by atoms with van der Waals surface area (Å²) >= 11 is 5.79. The number of benzene rings is 2. The van der Waals surface area contributed by atoms with E-state index in [0.717, 1.165) is 11.4 Å². The first-order valence-electron chi connectivity index (χ1n) is 6.99. The molecular formula is C17H12ClN3O3. The molecule has 0 bridgehead atoms. The molecule has 7 heteroatoms. The molecule has 1 N–H and O–H groups in total. The zero-order chi connectivity index (χ0) is 17.1. The number of phenolic OH excluding ortho intramolecular Hbond substituents is 1. The van der Waals surface area contributed by atoms with Crippen molar-refractivity contribution >= 4 is 29.2 Å². The highest BCUT2D eigenvalue weighted by Crippen LogP contribution is 2.28. The van der Waals surface area contributed by atoms with Crippen LogP contribution < -0.4 is 0 Å². The van der Waals surface area contributed by atoms with Gasteiger partial charge in [-0.25, -0.2) is 0 Å². The highest BCUT2D eigenvalue weighted by atomic mass is 35.5. The Morgan fingerprint density at radius 2 is 1.92 bits per heavy atom. The molecule has 0 saturated carbocycles. The average Bonchev–Trinajstić information content (AvgIpc) is 3.03. The third-order valence-corrected chi connectivity index (χ3v) is 3.70. The zero-order valence-electron chi connectivity index (χ0n) is 12.3. The van der Waals surface area contributed by atoms with Gasteiger partial charge in [-0.2, -0.15) is 0 Å². The van der Waals surface area contributed by atoms with E-state index < -0.39 is 4.92 Å². The van der Waals surface area contributed by atoms with Gasteiger partial charge in [0.15, 0.2) is 0 Å². The van der Waals surface area contributed by atoms with Gasteiger partial charge in [0.2, 0.25) is 0 Å². The number of aromatic nitrogens is 1. The molecule has 3 aromatic rings. The summed E-state index contributed by atoms with van der Waals surface area (Å²) in [6.07, 6.45) is 3.47. The number of nitro groups is 1. The number of aromatic hydroxyl groups is 1. The van der Waals surface area contributed by atoms with Crippen LogP contribution in [0.25, 0.3) is 5.69 Å². The quantitative estimate of drug-likeness (QED) is 0.431. The van der Waals surface area contributed by atoms with Gasteiger partial charge in [-0.05, 0) is 48.5 Å². The predicted octanol–water partition coefficient (Wildman–Crippen LogP) is 4.50. The molecule has 1 aromatic heterocycles. The van der Waals surface area contributed by atoms with Gasteiger partial charge in [0.25, 0.3) is 5.69 Å². The van der Waals surface area contributed by atoms with Crippen LogP contribution in [0.15, 0.2) is 65.8 Å². The first kappa shape index (κ1) is 15.8. The smallest absolute Gasteiger partial charge is 0.290 e. The molecule has 3 rings (SSSR count). The van der Waals surface area contributed by atoms with Crippen LogP contribution in [-0.4, -0.2) is 20.8 Å². The van der Waals surface area contributed by atoms with Gasteiger partial charge in [-0.1, -0.05) is 11.6 Å². The molecule has 0 aliphatic heterocycles. The number of aliphatic imine (C=N–C) groups is 1. The van der Waals surface area contributed by atoms with Crippen LogP contribution in [0.2, 0.25) is 5.02 Å². The molecule has 0 aliphatic carbocycles. The van der Waals surface area contributed by atoms with Gasteiger partial charge >= 0.3 is 0 Å². The first-order valence-corrected chi connectivity index (χ1v) is 7.37. The zero-order valence-corrected chi connectivity index (χ0v) is 13.1. The summed E-state index contributed by atoms with van der Waals surface area (Å²) in [5.74, 6) is 0.189. The summed E-state index contributed by atoms with van der Waals surface area (Å²) in [7, 11) is 0. The van der Waals surface area contributed by atoms with Crippen molar-refractivity contribution in [2.24, 2.45) is 4.99 Å². The lowest BCUT2D eigenvalue weighted by molar-refractivity contribution is -0.384. The van der Waals surface area contributed by atoms with E-state index in [2.05, 4.69) is 4.99 Å². The molecule has 6 nitrogen and oxygen atoms in total. The Hall–Kier alpha value is -3.12. The largest absolute Gasteiger partial charge is 0.508 e. The Balaban J connectivity index is 1.91. The SMILES string of the molecule is O=[N+]([O-])c1cc(N=Cc2cccn2-c2ccc(O)cc2)ccc1Cl. The van der Waals surface area contributed by atoms with E-state index in [4.69, 9.17) is 11.6 Å². The maximum absolute atomic E-state index is 10.9. The molecule has 120 valence electrons. The van der Waals surface area contributed by atoms with Gasteiger partial charge < -0.3 is 9.67 Å². The van der Waals surface area contributed by atoms with E-state index in [-0.39, 0.29) is 16.5 Å². The van der Waals surface area contributed by atoms with Crippen molar-refractivity contribution in [1.82, 2.24) is 4.57 Å². The van der Waals surface area contributed by atoms with Gasteiger partial charge in [0.05, 0.1) is 22.5 Å². The molecule has 0 unspecified atom stereocenters. The van der Waals surface area contributed by atoms with Crippen LogP contribution in [0, 0.1) is 10.1 Å². The van der Waals surface area contributed by atoms with Crippen LogP contribution in [-0.2, 0) is 0 Å². The fraction of sp³-hybridized carbons (Fsp3) is 0. The molecule has 0 aliphatic rings. The van der Waals surface area contributed by atoms with Crippen molar-refractivity contribution in [3.8, 4) is 11.4 Å². The van der Waals surface area contributed by atoms with Gasteiger partial charge in [0, 0.05) is 18.0 Å². The summed E-state index contributed by atoms with van der Waals surface area (Å²) in [6.45, 7) is 0. The second kappa shape index (κ2) is 6.55. The second-order valence-corrected chi connectivity index (χ2v) is 5.38. The third-order valence-electron chi connectivity index (χ3n) is 3.38. The number of rotatable bonds is 4. The fourth-order valence-electron chi connectivity index (χ4n) is 2.21. The van der Waals surface area contributed by atoms with Crippen LogP contribution >= 0.6 is 11.6 Å². The Labute approximate surface area is 142 Å². The lowest BCUT2D eigenvalue weighted by atomic mass is 10.3. The standard InChI is InChI=1S/C17H12ClN3O3/c18-16-8-3-12(10-17(16)21(23)24)19-11-14-2-1-9-20(14)13-4-6-15(22)7-5-13/h1-11,22H. The lowest BCUT2D eigenvalue weighted by Gasteiger charge is -2.06. The van der Waals surface area contributed by atoms with Crippen molar-refractivity contribution in [2.45, 2.75) is 0 Å². The molecule has 0 saturated heterocycles. The number of hydrogen-bond acceptors (Lipinski definition) is 4. The predicted molar refractivity (Wildman–Crippen MR) is 92.8 cm³/mol. The van der Waals surface area contributed by atoms with Crippen molar-refractivity contribution < 1.29 is 10.0 Å². The molecule has 0 spiro atoms. The molecular weight excluding hydrogens is 330 g/mol. The maximum atomic E-state index is 10.9. The van der Waals surface area contributed by atoms with E-state index in [1.165, 1.54) is 12.1 Å². The molecule has 0 radical (unpaired) electrons. The van der Waals surface area contributed by atoms with Gasteiger partial charge in [0.1, 0.15) is 10.8 Å². The Bertz CT molecular complexity index is 917. The summed E-state index contributed by atoms with van der Waals surface area (Å²) < 4.78 is 1.88. The topological polar surface area (TPSA) is 80.7 Å². The van der Waals surface area contributed by atoms with Crippen molar-refractivity contribution in [3.63, 3.8) is 0 Å². The summed E-state index contributed by atoms with van der Waals surface area (Å²) in [5, 5.41) is 20.4. The second-order valence-electron chi connectivity index (χ2n) is 4.97. The third kappa shape index (κ3) is 3.28. The summed E-state index contributed by atoms with van der Waals surface area (Å²) in [6, 6.07) is 14.9. The normalized spacial score (nSPS) is 11.0. The molecule has 24 heavy (non-hydrogen) atoms. The minimum absolute atomic E-state index is 0.0754. The molecule has 0 amide bonds. The lowest BCUT2D eigenvalue weighted by Crippen LogP contribution is -1.97. The minimum Gasteiger partial charge on any atom is -0.508 e.